The summed E-state index contributed by atoms with van der Waals surface area (Å²) in [5, 5.41) is 6.34. The zero-order chi connectivity index (χ0) is 7.72. The highest BCUT2D eigenvalue weighted by atomic mass is 32.1. The van der Waals surface area contributed by atoms with Crippen molar-refractivity contribution >= 4 is 36.9 Å². The molecule has 0 saturated heterocycles. The summed E-state index contributed by atoms with van der Waals surface area (Å²) in [6, 6.07) is 0. The van der Waals surface area contributed by atoms with Crippen molar-refractivity contribution in [1.29, 1.82) is 0 Å². The Morgan fingerprint density at radius 1 is 1.10 bits per heavy atom. The fourth-order valence-electron chi connectivity index (χ4n) is 0.388. The van der Waals surface area contributed by atoms with Gasteiger partial charge in [0.25, 0.3) is 5.78 Å². The second kappa shape index (κ2) is 2.55. The van der Waals surface area contributed by atoms with Crippen molar-refractivity contribution in [3.8, 4) is 0 Å². The third-order valence-corrected chi connectivity index (χ3v) is 1.76. The molecule has 4 nitrogen and oxygen atoms in total. The molecule has 0 N–H and O–H groups in total. The second-order valence-corrected chi connectivity index (χ2v) is 2.38. The first-order valence-electron chi connectivity index (χ1n) is 2.25. The molecule has 1 aliphatic heterocycles. The molecular weight excluding hydrogens is 172 g/mol. The molecule has 0 fully saturated rings. The van der Waals surface area contributed by atoms with Gasteiger partial charge in [-0.25, -0.2) is 0 Å². The Labute approximate surface area is 67.2 Å². The average molecular weight is 174 g/mol. The topological polar surface area (TPSA) is 58.9 Å². The molecule has 0 aromatic rings. The lowest BCUT2D eigenvalue weighted by Gasteiger charge is -2.00. The number of hydrogen-bond donors (Lipinski definition) is 2. The van der Waals surface area contributed by atoms with Crippen molar-refractivity contribution < 1.29 is 9.59 Å². The summed E-state index contributed by atoms with van der Waals surface area (Å²) < 4.78 is 0. The van der Waals surface area contributed by atoms with E-state index in [1.54, 1.807) is 0 Å². The fraction of sp³-hybridized carbons (Fsp3) is 0. The highest BCUT2D eigenvalue weighted by Crippen LogP contribution is 2.19. The molecule has 0 atom stereocenters. The van der Waals surface area contributed by atoms with Crippen LogP contribution in [0.4, 0.5) is 0 Å². The number of nitrogens with zero attached hydrogens (tertiary/aromatic N) is 2. The molecule has 0 aliphatic carbocycles. The van der Waals surface area contributed by atoms with Crippen molar-refractivity contribution in [2.75, 3.05) is 0 Å². The lowest BCUT2D eigenvalue weighted by molar-refractivity contribution is -0.133. The van der Waals surface area contributed by atoms with Gasteiger partial charge >= 0.3 is 5.91 Å². The van der Waals surface area contributed by atoms with Gasteiger partial charge in [0.1, 0.15) is 5.03 Å². The van der Waals surface area contributed by atoms with Crippen LogP contribution in [-0.2, 0) is 9.59 Å². The number of azo groups is 1. The predicted molar refractivity (Wildman–Crippen MR) is 39.9 cm³/mol. The van der Waals surface area contributed by atoms with Crippen molar-refractivity contribution in [2.24, 2.45) is 10.2 Å². The molecule has 1 aliphatic rings. The van der Waals surface area contributed by atoms with Gasteiger partial charge in [0, 0.05) is 0 Å². The standard InChI is InChI=1S/C4H2N2O2S2/c7-1-2(9)4(10)6-5-3(1)8/h9-10H. The number of carbonyl (C=O) groups is 2. The Hall–Kier alpha value is -0.620. The lowest BCUT2D eigenvalue weighted by Crippen LogP contribution is -2.14. The van der Waals surface area contributed by atoms with Gasteiger partial charge in [-0.15, -0.1) is 35.5 Å². The number of ketones is 1. The van der Waals surface area contributed by atoms with E-state index < -0.39 is 11.7 Å². The zero-order valence-corrected chi connectivity index (χ0v) is 6.39. The van der Waals surface area contributed by atoms with Gasteiger partial charge in [0.15, 0.2) is 0 Å². The highest BCUT2D eigenvalue weighted by Gasteiger charge is 2.22. The third-order valence-electron chi connectivity index (χ3n) is 0.857. The maximum Gasteiger partial charge on any atom is 0.337 e. The maximum absolute atomic E-state index is 10.6. The van der Waals surface area contributed by atoms with Crippen LogP contribution in [0, 0.1) is 0 Å². The number of thiol groups is 2. The van der Waals surface area contributed by atoms with Crippen LogP contribution in [0.1, 0.15) is 0 Å². The fourth-order valence-corrected chi connectivity index (χ4v) is 0.675. The Morgan fingerprint density at radius 2 is 1.70 bits per heavy atom. The average Bonchev–Trinajstić information content (AvgIpc) is 1.93. The minimum atomic E-state index is -0.900. The van der Waals surface area contributed by atoms with E-state index >= 15 is 0 Å². The van der Waals surface area contributed by atoms with Crippen LogP contribution in [0.2, 0.25) is 0 Å². The first-order valence-corrected chi connectivity index (χ1v) is 3.15. The van der Waals surface area contributed by atoms with Crippen LogP contribution >= 0.6 is 25.3 Å². The van der Waals surface area contributed by atoms with Crippen molar-refractivity contribution in [3.63, 3.8) is 0 Å². The van der Waals surface area contributed by atoms with Crippen molar-refractivity contribution in [2.45, 2.75) is 0 Å². The van der Waals surface area contributed by atoms with Gasteiger partial charge in [-0.3, -0.25) is 9.59 Å². The molecule has 0 radical (unpaired) electrons. The van der Waals surface area contributed by atoms with Crippen LogP contribution in [0.25, 0.3) is 0 Å². The van der Waals surface area contributed by atoms with Gasteiger partial charge < -0.3 is 0 Å². The van der Waals surface area contributed by atoms with E-state index in [-0.39, 0.29) is 9.93 Å². The van der Waals surface area contributed by atoms with Gasteiger partial charge in [0.2, 0.25) is 0 Å². The lowest BCUT2D eigenvalue weighted by atomic mass is 10.3. The van der Waals surface area contributed by atoms with Crippen LogP contribution in [0.3, 0.4) is 0 Å². The molecule has 1 heterocycles. The van der Waals surface area contributed by atoms with E-state index in [1.165, 1.54) is 0 Å². The number of amides is 1. The summed E-state index contributed by atoms with van der Waals surface area (Å²) in [7, 11) is 0. The minimum Gasteiger partial charge on any atom is -0.282 e. The molecular formula is C4H2N2O2S2. The van der Waals surface area contributed by atoms with Gasteiger partial charge in [-0.05, 0) is 0 Å². The van der Waals surface area contributed by atoms with E-state index in [2.05, 4.69) is 35.5 Å². The molecule has 52 valence electrons. The quantitative estimate of drug-likeness (QED) is 0.417. The van der Waals surface area contributed by atoms with Gasteiger partial charge in [-0.1, -0.05) is 0 Å². The van der Waals surface area contributed by atoms with Gasteiger partial charge in [0.05, 0.1) is 4.91 Å². The van der Waals surface area contributed by atoms with Gasteiger partial charge in [-0.2, -0.15) is 0 Å². The van der Waals surface area contributed by atoms with Crippen molar-refractivity contribution in [1.82, 2.24) is 0 Å². The Balaban J connectivity index is 3.11. The summed E-state index contributed by atoms with van der Waals surface area (Å²) in [5.74, 6) is -1.66. The summed E-state index contributed by atoms with van der Waals surface area (Å²) in [6.45, 7) is 0. The smallest absolute Gasteiger partial charge is 0.282 e. The largest absolute Gasteiger partial charge is 0.337 e. The summed E-state index contributed by atoms with van der Waals surface area (Å²) in [6.07, 6.45) is 0. The number of hydrogen-bond acceptors (Lipinski definition) is 5. The molecule has 0 aromatic heterocycles. The normalized spacial score (nSPS) is 18.6. The Morgan fingerprint density at radius 3 is 2.20 bits per heavy atom. The van der Waals surface area contributed by atoms with Crippen LogP contribution in [0.5, 0.6) is 0 Å². The van der Waals surface area contributed by atoms with Crippen molar-refractivity contribution in [3.05, 3.63) is 9.93 Å². The molecule has 0 aromatic carbocycles. The van der Waals surface area contributed by atoms with E-state index in [0.717, 1.165) is 0 Å². The van der Waals surface area contributed by atoms with Crippen LogP contribution in [0.15, 0.2) is 20.2 Å². The van der Waals surface area contributed by atoms with E-state index in [4.69, 9.17) is 0 Å². The summed E-state index contributed by atoms with van der Waals surface area (Å²) >= 11 is 7.42. The first-order chi connectivity index (χ1) is 4.63. The molecule has 6 heteroatoms. The molecule has 1 amide bonds. The highest BCUT2D eigenvalue weighted by molar-refractivity contribution is 7.89. The monoisotopic (exact) mass is 174 g/mol. The second-order valence-electron chi connectivity index (χ2n) is 1.51. The maximum atomic E-state index is 10.6. The van der Waals surface area contributed by atoms with Crippen LogP contribution < -0.4 is 0 Å². The number of carbonyl (C=O) groups excluding carboxylic acids is 2. The summed E-state index contributed by atoms with van der Waals surface area (Å²) in [5.41, 5.74) is 0. The summed E-state index contributed by atoms with van der Waals surface area (Å²) in [4.78, 5) is 21.0. The molecule has 1 rings (SSSR count). The molecule has 0 spiro atoms. The Kier molecular flexibility index (Phi) is 1.91. The minimum absolute atomic E-state index is 0.0525. The predicted octanol–water partition coefficient (Wildman–Crippen LogP) is 0.577. The third kappa shape index (κ3) is 1.12. The van der Waals surface area contributed by atoms with E-state index in [1.807, 2.05) is 0 Å². The first kappa shape index (κ1) is 7.49. The molecule has 0 saturated carbocycles. The number of rotatable bonds is 0. The van der Waals surface area contributed by atoms with Crippen LogP contribution in [-0.4, -0.2) is 11.7 Å². The SMILES string of the molecule is O=C1N=NC(S)=C(S)C1=O. The molecule has 10 heavy (non-hydrogen) atoms. The zero-order valence-electron chi connectivity index (χ0n) is 4.61. The Bertz CT molecular complexity index is 268. The molecule has 0 bridgehead atoms. The molecule has 0 unspecified atom stereocenters. The van der Waals surface area contributed by atoms with E-state index in [0.29, 0.717) is 0 Å². The van der Waals surface area contributed by atoms with E-state index in [9.17, 15) is 9.59 Å². The number of Topliss-reactive ketones (excluding diaryl/α,β-unsaturated/α-hetero) is 1.